The van der Waals surface area contributed by atoms with Gasteiger partial charge in [0.15, 0.2) is 28.9 Å². The number of halogens is 2. The molecule has 2 atom stereocenters. The first-order valence-electron chi connectivity index (χ1n) is 9.29. The lowest BCUT2D eigenvalue weighted by Crippen LogP contribution is -2.55. The summed E-state index contributed by atoms with van der Waals surface area (Å²) >= 11 is 11.4. The van der Waals surface area contributed by atoms with Crippen LogP contribution in [0.15, 0.2) is 39.9 Å². The van der Waals surface area contributed by atoms with E-state index in [2.05, 4.69) is 26.3 Å². The van der Waals surface area contributed by atoms with Crippen molar-refractivity contribution in [3.05, 3.63) is 51.0 Å². The molecule has 1 N–H and O–H groups in total. The summed E-state index contributed by atoms with van der Waals surface area (Å²) in [6.45, 7) is 1.57. The third-order valence-corrected chi connectivity index (χ3v) is 6.68. The van der Waals surface area contributed by atoms with Crippen LogP contribution in [0.3, 0.4) is 0 Å². The topological polar surface area (TPSA) is 83.5 Å². The number of benzene rings is 2. The molecule has 0 radical (unpaired) electrons. The van der Waals surface area contributed by atoms with Crippen LogP contribution < -0.4 is 19.7 Å². The van der Waals surface area contributed by atoms with Gasteiger partial charge in [-0.25, -0.2) is 0 Å². The Hall–Kier alpha value is -2.43. The number of ether oxygens (including phenoxy) is 2. The van der Waals surface area contributed by atoms with Gasteiger partial charge in [-0.1, -0.05) is 39.3 Å². The van der Waals surface area contributed by atoms with E-state index in [9.17, 15) is 9.59 Å². The van der Waals surface area contributed by atoms with Crippen molar-refractivity contribution in [3.63, 3.8) is 0 Å². The van der Waals surface area contributed by atoms with E-state index in [1.165, 1.54) is 18.7 Å². The van der Waals surface area contributed by atoms with E-state index in [-0.39, 0.29) is 18.6 Å². The molecule has 3 heterocycles. The van der Waals surface area contributed by atoms with E-state index in [0.29, 0.717) is 38.5 Å². The number of carbonyl (C=O) groups excluding carboxylic acids is 2. The van der Waals surface area contributed by atoms with Crippen LogP contribution in [0.5, 0.6) is 11.5 Å². The molecule has 0 unspecified atom stereocenters. The molecule has 8 nitrogen and oxygen atoms in total. The molecule has 3 aliphatic heterocycles. The number of hydrogen-bond donors (Lipinski definition) is 1. The van der Waals surface area contributed by atoms with Gasteiger partial charge in [0, 0.05) is 28.6 Å². The summed E-state index contributed by atoms with van der Waals surface area (Å²) in [5, 5.41) is 9.95. The highest BCUT2D eigenvalue weighted by Crippen LogP contribution is 2.50. The van der Waals surface area contributed by atoms with Gasteiger partial charge in [-0.05, 0) is 30.5 Å². The van der Waals surface area contributed by atoms with E-state index < -0.39 is 12.2 Å². The second-order valence-corrected chi connectivity index (χ2v) is 9.19. The van der Waals surface area contributed by atoms with Crippen molar-refractivity contribution in [1.82, 2.24) is 10.3 Å². The number of nitrogens with zero attached hydrogens (tertiary/aromatic N) is 3. The van der Waals surface area contributed by atoms with Crippen LogP contribution >= 0.6 is 39.3 Å². The van der Waals surface area contributed by atoms with Crippen molar-refractivity contribution in [2.24, 2.45) is 5.10 Å². The third kappa shape index (κ3) is 3.24. The van der Waals surface area contributed by atoms with E-state index in [1.54, 1.807) is 22.0 Å². The number of amidine groups is 1. The van der Waals surface area contributed by atoms with Crippen molar-refractivity contribution < 1.29 is 19.1 Å². The maximum Gasteiger partial charge on any atom is 0.255 e. The standard InChI is InChI=1S/C20H16BrClN4O4S/c1-9(27)25-14-4-3-10(21)5-12(14)17-18(28)23-20(31-2)24-26(17)19(25)11-6-15-16(7-13(11)22)30-8-29-15/h3-7,17,19H,8H2,1-2H3,(H,23,24,28)/t17-,19-/m1/s1. The lowest BCUT2D eigenvalue weighted by Gasteiger charge is -2.48. The van der Waals surface area contributed by atoms with Crippen molar-refractivity contribution in [3.8, 4) is 11.5 Å². The predicted octanol–water partition coefficient (Wildman–Crippen LogP) is 4.00. The molecule has 0 bridgehead atoms. The molecule has 0 aliphatic carbocycles. The Morgan fingerprint density at radius 2 is 2.00 bits per heavy atom. The Morgan fingerprint density at radius 3 is 2.71 bits per heavy atom. The molecule has 0 fully saturated rings. The molecular weight excluding hydrogens is 508 g/mol. The quantitative estimate of drug-likeness (QED) is 0.608. The molecule has 2 aromatic carbocycles. The van der Waals surface area contributed by atoms with Gasteiger partial charge in [-0.2, -0.15) is 0 Å². The largest absolute Gasteiger partial charge is 0.454 e. The molecule has 160 valence electrons. The van der Waals surface area contributed by atoms with Crippen molar-refractivity contribution in [2.45, 2.75) is 19.1 Å². The molecule has 3 aliphatic rings. The normalized spacial score (nSPS) is 21.3. The molecule has 5 rings (SSSR count). The number of nitrogens with one attached hydrogen (secondary N) is 1. The number of amides is 2. The molecule has 11 heteroatoms. The molecule has 31 heavy (non-hydrogen) atoms. The zero-order chi connectivity index (χ0) is 21.9. The summed E-state index contributed by atoms with van der Waals surface area (Å²) < 4.78 is 11.8. The average Bonchev–Trinajstić information content (AvgIpc) is 3.18. The van der Waals surface area contributed by atoms with E-state index in [4.69, 9.17) is 21.1 Å². The Kier molecular flexibility index (Phi) is 5.03. The molecule has 0 spiro atoms. The van der Waals surface area contributed by atoms with Gasteiger partial charge < -0.3 is 14.8 Å². The summed E-state index contributed by atoms with van der Waals surface area (Å²) in [5.41, 5.74) is 1.87. The SMILES string of the molecule is CSC1=NN2[C@H](c3cc4c(cc3Cl)OCO4)N(C(C)=O)c3ccc(Br)cc3[C@@H]2C(=O)N1. The van der Waals surface area contributed by atoms with Crippen LogP contribution in [0.2, 0.25) is 5.02 Å². The first-order chi connectivity index (χ1) is 14.9. The van der Waals surface area contributed by atoms with Gasteiger partial charge in [-0.15, -0.1) is 5.10 Å². The number of hydrogen-bond acceptors (Lipinski definition) is 7. The van der Waals surface area contributed by atoms with Crippen molar-refractivity contribution >= 4 is 62.0 Å². The first kappa shape index (κ1) is 20.5. The Bertz CT molecular complexity index is 1160. The summed E-state index contributed by atoms with van der Waals surface area (Å²) in [6, 6.07) is 8.14. The van der Waals surface area contributed by atoms with Crippen LogP contribution in [0.25, 0.3) is 0 Å². The van der Waals surface area contributed by atoms with Gasteiger partial charge in [0.25, 0.3) is 5.91 Å². The first-order valence-corrected chi connectivity index (χ1v) is 11.7. The van der Waals surface area contributed by atoms with E-state index >= 15 is 0 Å². The molecule has 0 aromatic heterocycles. The fourth-order valence-electron chi connectivity index (χ4n) is 4.02. The highest BCUT2D eigenvalue weighted by atomic mass is 79.9. The monoisotopic (exact) mass is 522 g/mol. The van der Waals surface area contributed by atoms with Gasteiger partial charge in [0.2, 0.25) is 12.7 Å². The molecule has 2 amide bonds. The average molecular weight is 524 g/mol. The lowest BCUT2D eigenvalue weighted by atomic mass is 9.95. The van der Waals surface area contributed by atoms with Crippen LogP contribution in [-0.4, -0.2) is 35.0 Å². The van der Waals surface area contributed by atoms with Gasteiger partial charge >= 0.3 is 0 Å². The number of fused-ring (bicyclic) bond motifs is 4. The van der Waals surface area contributed by atoms with Gasteiger partial charge in [0.1, 0.15) is 0 Å². The zero-order valence-corrected chi connectivity index (χ0v) is 19.5. The number of carbonyl (C=O) groups is 2. The van der Waals surface area contributed by atoms with E-state index in [0.717, 1.165) is 4.47 Å². The summed E-state index contributed by atoms with van der Waals surface area (Å²) in [7, 11) is 0. The minimum atomic E-state index is -0.758. The minimum Gasteiger partial charge on any atom is -0.454 e. The third-order valence-electron chi connectivity index (χ3n) is 5.29. The van der Waals surface area contributed by atoms with Crippen molar-refractivity contribution in [1.29, 1.82) is 0 Å². The minimum absolute atomic E-state index is 0.0938. The Balaban J connectivity index is 1.78. The van der Waals surface area contributed by atoms with Crippen LogP contribution in [-0.2, 0) is 9.59 Å². The smallest absolute Gasteiger partial charge is 0.255 e. The van der Waals surface area contributed by atoms with Crippen LogP contribution in [0, 0.1) is 0 Å². The summed E-state index contributed by atoms with van der Waals surface area (Å²) in [5.74, 6) is 0.609. The van der Waals surface area contributed by atoms with Crippen molar-refractivity contribution in [2.75, 3.05) is 17.9 Å². The fourth-order valence-corrected chi connectivity index (χ4v) is 5.03. The number of anilines is 1. The summed E-state index contributed by atoms with van der Waals surface area (Å²) in [6.07, 6.45) is 1.06. The van der Waals surface area contributed by atoms with Gasteiger partial charge in [0.05, 0.1) is 10.7 Å². The maximum absolute atomic E-state index is 13.2. The lowest BCUT2D eigenvalue weighted by molar-refractivity contribution is -0.129. The van der Waals surface area contributed by atoms with E-state index in [1.807, 2.05) is 24.5 Å². The molecular formula is C20H16BrClN4O4S. The molecule has 0 saturated carbocycles. The number of rotatable bonds is 1. The van der Waals surface area contributed by atoms with Crippen LogP contribution in [0.4, 0.5) is 5.69 Å². The predicted molar refractivity (Wildman–Crippen MR) is 121 cm³/mol. The number of hydrazone groups is 1. The van der Waals surface area contributed by atoms with Crippen LogP contribution in [0.1, 0.15) is 30.3 Å². The fraction of sp³-hybridized carbons (Fsp3) is 0.250. The summed E-state index contributed by atoms with van der Waals surface area (Å²) in [4.78, 5) is 27.7. The zero-order valence-electron chi connectivity index (χ0n) is 16.4. The Morgan fingerprint density at radius 1 is 1.26 bits per heavy atom. The second-order valence-electron chi connectivity index (χ2n) is 7.07. The highest BCUT2D eigenvalue weighted by molar-refractivity contribution is 9.10. The molecule has 2 aromatic rings. The highest BCUT2D eigenvalue weighted by Gasteiger charge is 2.47. The maximum atomic E-state index is 13.2. The second kappa shape index (κ2) is 7.61. The Labute approximate surface area is 195 Å². The number of thioether (sulfide) groups is 1. The van der Waals surface area contributed by atoms with Gasteiger partial charge in [-0.3, -0.25) is 19.5 Å². The molecule has 0 saturated heterocycles.